The van der Waals surface area contributed by atoms with Crippen LogP contribution in [0.2, 0.25) is 5.02 Å². The average Bonchev–Trinajstić information content (AvgIpc) is 2.79. The zero-order chi connectivity index (χ0) is 16.3. The number of hydrogen-bond acceptors (Lipinski definition) is 5. The van der Waals surface area contributed by atoms with Crippen LogP contribution in [-0.4, -0.2) is 24.4 Å². The Balaban J connectivity index is 2.35. The first kappa shape index (κ1) is 16.7. The summed E-state index contributed by atoms with van der Waals surface area (Å²) in [7, 11) is 1.52. The second kappa shape index (κ2) is 7.07. The Labute approximate surface area is 138 Å². The second-order valence-electron chi connectivity index (χ2n) is 4.72. The highest BCUT2D eigenvalue weighted by molar-refractivity contribution is 8.18. The van der Waals surface area contributed by atoms with Crippen LogP contribution in [0.25, 0.3) is 6.08 Å². The molecule has 2 rings (SSSR count). The molecule has 1 N–H and O–H groups in total. The highest BCUT2D eigenvalue weighted by Gasteiger charge is 2.25. The monoisotopic (exact) mass is 341 g/mol. The van der Waals surface area contributed by atoms with Crippen LogP contribution in [0.5, 0.6) is 11.5 Å². The third-order valence-corrected chi connectivity index (χ3v) is 4.18. The van der Waals surface area contributed by atoms with Crippen molar-refractivity contribution in [1.82, 2.24) is 5.32 Å². The molecule has 22 heavy (non-hydrogen) atoms. The summed E-state index contributed by atoms with van der Waals surface area (Å²) >= 11 is 7.11. The van der Waals surface area contributed by atoms with Crippen LogP contribution in [0.3, 0.4) is 0 Å². The van der Waals surface area contributed by atoms with Crippen molar-refractivity contribution in [2.24, 2.45) is 0 Å². The molecule has 1 aromatic rings. The highest BCUT2D eigenvalue weighted by atomic mass is 35.5. The quantitative estimate of drug-likeness (QED) is 0.824. The molecule has 1 fully saturated rings. The van der Waals surface area contributed by atoms with Crippen molar-refractivity contribution in [3.8, 4) is 11.5 Å². The van der Waals surface area contributed by atoms with Gasteiger partial charge in [0, 0.05) is 0 Å². The van der Waals surface area contributed by atoms with Crippen LogP contribution in [-0.2, 0) is 4.79 Å². The number of methoxy groups -OCH3 is 1. The minimum Gasteiger partial charge on any atom is -0.493 e. The molecule has 2 amide bonds. The molecule has 1 aliphatic rings. The topological polar surface area (TPSA) is 64.6 Å². The number of amides is 2. The molecule has 0 saturated carbocycles. The molecule has 0 aromatic heterocycles. The summed E-state index contributed by atoms with van der Waals surface area (Å²) in [4.78, 5) is 23.1. The van der Waals surface area contributed by atoms with E-state index in [1.165, 1.54) is 7.11 Å². The maximum absolute atomic E-state index is 11.6. The van der Waals surface area contributed by atoms with Crippen molar-refractivity contribution in [2.75, 3.05) is 7.11 Å². The van der Waals surface area contributed by atoms with Crippen molar-refractivity contribution >= 4 is 40.6 Å². The molecule has 1 atom stereocenters. The van der Waals surface area contributed by atoms with Gasteiger partial charge in [-0.3, -0.25) is 14.9 Å². The highest BCUT2D eigenvalue weighted by Crippen LogP contribution is 2.38. The molecule has 1 saturated heterocycles. The fourth-order valence-corrected chi connectivity index (χ4v) is 2.74. The number of benzene rings is 1. The lowest BCUT2D eigenvalue weighted by Gasteiger charge is -2.17. The lowest BCUT2D eigenvalue weighted by Crippen LogP contribution is -2.17. The zero-order valence-corrected chi connectivity index (χ0v) is 14.0. The predicted octanol–water partition coefficient (Wildman–Crippen LogP) is 3.85. The van der Waals surface area contributed by atoms with Gasteiger partial charge in [-0.05, 0) is 48.9 Å². The Hall–Kier alpha value is -1.66. The third-order valence-electron chi connectivity index (χ3n) is 3.09. The Kier molecular flexibility index (Phi) is 5.37. The molecule has 0 aliphatic carbocycles. The molecule has 1 aromatic carbocycles. The van der Waals surface area contributed by atoms with E-state index in [1.54, 1.807) is 18.2 Å². The molecule has 1 aliphatic heterocycles. The third kappa shape index (κ3) is 3.75. The van der Waals surface area contributed by atoms with Crippen molar-refractivity contribution in [2.45, 2.75) is 26.4 Å². The Morgan fingerprint density at radius 2 is 2.14 bits per heavy atom. The summed E-state index contributed by atoms with van der Waals surface area (Å²) in [6.45, 7) is 3.95. The molecule has 1 unspecified atom stereocenters. The minimum absolute atomic E-state index is 0.00407. The number of halogens is 1. The lowest BCUT2D eigenvalue weighted by atomic mass is 10.1. The van der Waals surface area contributed by atoms with Crippen LogP contribution in [0.1, 0.15) is 25.8 Å². The SMILES string of the molecule is CCC(C)Oc1c(Cl)cc(C=C2SC(=O)NC2=O)cc1OC. The Bertz CT molecular complexity index is 645. The molecule has 5 nitrogen and oxygen atoms in total. The van der Waals surface area contributed by atoms with Gasteiger partial charge >= 0.3 is 0 Å². The molecule has 1 heterocycles. The van der Waals surface area contributed by atoms with Gasteiger partial charge in [0.05, 0.1) is 23.1 Å². The van der Waals surface area contributed by atoms with Crippen molar-refractivity contribution in [3.05, 3.63) is 27.6 Å². The largest absolute Gasteiger partial charge is 0.493 e. The van der Waals surface area contributed by atoms with E-state index in [-0.39, 0.29) is 11.3 Å². The van der Waals surface area contributed by atoms with Gasteiger partial charge in [0.2, 0.25) is 0 Å². The maximum atomic E-state index is 11.6. The molecule has 0 bridgehead atoms. The second-order valence-corrected chi connectivity index (χ2v) is 6.15. The van der Waals surface area contributed by atoms with Gasteiger partial charge in [-0.1, -0.05) is 18.5 Å². The van der Waals surface area contributed by atoms with Crippen molar-refractivity contribution in [1.29, 1.82) is 0 Å². The van der Waals surface area contributed by atoms with E-state index >= 15 is 0 Å². The van der Waals surface area contributed by atoms with Gasteiger partial charge < -0.3 is 9.47 Å². The summed E-state index contributed by atoms with van der Waals surface area (Å²) in [6, 6.07) is 3.39. The van der Waals surface area contributed by atoms with Crippen LogP contribution in [0, 0.1) is 0 Å². The molecule has 0 spiro atoms. The first-order valence-electron chi connectivity index (χ1n) is 6.73. The number of ether oxygens (including phenoxy) is 2. The summed E-state index contributed by atoms with van der Waals surface area (Å²) in [5.74, 6) is 0.541. The van der Waals surface area contributed by atoms with E-state index in [0.29, 0.717) is 27.0 Å². The number of thioether (sulfide) groups is 1. The maximum Gasteiger partial charge on any atom is 0.290 e. The first-order valence-corrected chi connectivity index (χ1v) is 7.93. The van der Waals surface area contributed by atoms with Crippen LogP contribution in [0.4, 0.5) is 4.79 Å². The summed E-state index contributed by atoms with van der Waals surface area (Å²) in [5.41, 5.74) is 0.658. The number of carbonyl (C=O) groups is 2. The van der Waals surface area contributed by atoms with Crippen LogP contribution >= 0.6 is 23.4 Å². The van der Waals surface area contributed by atoms with Gasteiger partial charge in [0.1, 0.15) is 0 Å². The molecular weight excluding hydrogens is 326 g/mol. The molecular formula is C15H16ClNO4S. The molecule has 118 valence electrons. The van der Waals surface area contributed by atoms with E-state index in [2.05, 4.69) is 5.32 Å². The molecule has 7 heteroatoms. The van der Waals surface area contributed by atoms with Crippen molar-refractivity contribution in [3.63, 3.8) is 0 Å². The number of nitrogens with one attached hydrogen (secondary N) is 1. The standard InChI is InChI=1S/C15H16ClNO4S/c1-4-8(2)21-13-10(16)5-9(6-11(13)20-3)7-12-14(18)17-15(19)22-12/h5-8H,4H2,1-3H3,(H,17,18,19). The van der Waals surface area contributed by atoms with E-state index in [0.717, 1.165) is 18.2 Å². The zero-order valence-electron chi connectivity index (χ0n) is 12.4. The van der Waals surface area contributed by atoms with Gasteiger partial charge in [-0.2, -0.15) is 0 Å². The van der Waals surface area contributed by atoms with Crippen molar-refractivity contribution < 1.29 is 19.1 Å². The van der Waals surface area contributed by atoms with E-state index in [4.69, 9.17) is 21.1 Å². The summed E-state index contributed by atoms with van der Waals surface area (Å²) in [5, 5.41) is 2.21. The fourth-order valence-electron chi connectivity index (χ4n) is 1.79. The summed E-state index contributed by atoms with van der Waals surface area (Å²) < 4.78 is 11.1. The smallest absolute Gasteiger partial charge is 0.290 e. The van der Waals surface area contributed by atoms with Crippen LogP contribution in [0.15, 0.2) is 17.0 Å². The Morgan fingerprint density at radius 3 is 2.68 bits per heavy atom. The summed E-state index contributed by atoms with van der Waals surface area (Å²) in [6.07, 6.45) is 2.43. The van der Waals surface area contributed by atoms with Gasteiger partial charge in [-0.15, -0.1) is 0 Å². The minimum atomic E-state index is -0.412. The fraction of sp³-hybridized carbons (Fsp3) is 0.333. The molecule has 0 radical (unpaired) electrons. The number of imide groups is 1. The lowest BCUT2D eigenvalue weighted by molar-refractivity contribution is -0.115. The number of rotatable bonds is 5. The van der Waals surface area contributed by atoms with Gasteiger partial charge in [0.15, 0.2) is 11.5 Å². The first-order chi connectivity index (χ1) is 10.4. The predicted molar refractivity (Wildman–Crippen MR) is 87.5 cm³/mol. The van der Waals surface area contributed by atoms with E-state index < -0.39 is 5.91 Å². The Morgan fingerprint density at radius 1 is 1.41 bits per heavy atom. The van der Waals surface area contributed by atoms with Gasteiger partial charge in [-0.25, -0.2) is 0 Å². The number of hydrogen-bond donors (Lipinski definition) is 1. The van der Waals surface area contributed by atoms with E-state index in [1.807, 2.05) is 13.8 Å². The van der Waals surface area contributed by atoms with Crippen LogP contribution < -0.4 is 14.8 Å². The average molecular weight is 342 g/mol. The van der Waals surface area contributed by atoms with E-state index in [9.17, 15) is 9.59 Å². The normalized spacial score (nSPS) is 17.5. The van der Waals surface area contributed by atoms with Gasteiger partial charge in [0.25, 0.3) is 11.1 Å². The number of carbonyl (C=O) groups excluding carboxylic acids is 2.